The zero-order valence-electron chi connectivity index (χ0n) is 20.2. The van der Waals surface area contributed by atoms with E-state index < -0.39 is 5.91 Å². The number of hydrogen-bond acceptors (Lipinski definition) is 5. The number of guanidine groups is 1. The topological polar surface area (TPSA) is 97.0 Å². The average Bonchev–Trinajstić information content (AvgIpc) is 3.32. The molecule has 3 aromatic carbocycles. The molecule has 9 heteroatoms. The molecule has 1 aromatic heterocycles. The molecular weight excluding hydrogens is 463 g/mol. The van der Waals surface area contributed by atoms with Crippen LogP contribution in [0.15, 0.2) is 71.9 Å². The van der Waals surface area contributed by atoms with Crippen molar-refractivity contribution in [3.05, 3.63) is 83.8 Å². The van der Waals surface area contributed by atoms with Gasteiger partial charge in [-0.3, -0.25) is 15.1 Å². The fourth-order valence-corrected chi connectivity index (χ4v) is 3.80. The van der Waals surface area contributed by atoms with Gasteiger partial charge in [0.1, 0.15) is 5.82 Å². The molecular formula is C27H27FN4O4. The minimum absolute atomic E-state index is 0.222. The first kappa shape index (κ1) is 24.6. The van der Waals surface area contributed by atoms with Gasteiger partial charge in [-0.2, -0.15) is 0 Å². The number of aromatic nitrogens is 1. The van der Waals surface area contributed by atoms with Crippen LogP contribution in [0.1, 0.15) is 15.9 Å². The molecule has 0 saturated heterocycles. The van der Waals surface area contributed by atoms with E-state index in [-0.39, 0.29) is 17.3 Å². The summed E-state index contributed by atoms with van der Waals surface area (Å²) >= 11 is 0. The Kier molecular flexibility index (Phi) is 7.69. The van der Waals surface area contributed by atoms with Crippen molar-refractivity contribution in [2.45, 2.75) is 6.42 Å². The molecule has 0 unspecified atom stereocenters. The van der Waals surface area contributed by atoms with Crippen LogP contribution in [-0.2, 0) is 6.42 Å². The first-order valence-corrected chi connectivity index (χ1v) is 11.3. The van der Waals surface area contributed by atoms with Crippen LogP contribution in [0.2, 0.25) is 0 Å². The van der Waals surface area contributed by atoms with Crippen molar-refractivity contribution in [3.63, 3.8) is 0 Å². The number of nitrogens with zero attached hydrogens (tertiary/aromatic N) is 1. The third-order valence-electron chi connectivity index (χ3n) is 5.59. The second-order valence-corrected chi connectivity index (χ2v) is 7.84. The van der Waals surface area contributed by atoms with E-state index >= 15 is 0 Å². The second-order valence-electron chi connectivity index (χ2n) is 7.84. The van der Waals surface area contributed by atoms with Gasteiger partial charge in [0, 0.05) is 34.9 Å². The number of aliphatic imine (C=N–C) groups is 1. The van der Waals surface area contributed by atoms with Crippen molar-refractivity contribution in [2.75, 3.05) is 33.2 Å². The quantitative estimate of drug-likeness (QED) is 0.244. The van der Waals surface area contributed by atoms with Crippen molar-refractivity contribution < 1.29 is 23.4 Å². The molecule has 1 amide bonds. The highest BCUT2D eigenvalue weighted by Crippen LogP contribution is 2.38. The van der Waals surface area contributed by atoms with Crippen LogP contribution in [0.5, 0.6) is 17.2 Å². The Morgan fingerprint density at radius 3 is 2.33 bits per heavy atom. The Morgan fingerprint density at radius 2 is 1.67 bits per heavy atom. The molecule has 36 heavy (non-hydrogen) atoms. The number of H-pyrrole nitrogens is 1. The van der Waals surface area contributed by atoms with Gasteiger partial charge >= 0.3 is 0 Å². The molecule has 1 heterocycles. The van der Waals surface area contributed by atoms with Gasteiger partial charge < -0.3 is 24.5 Å². The van der Waals surface area contributed by atoms with Gasteiger partial charge in [0.25, 0.3) is 5.91 Å². The number of benzene rings is 3. The number of aromatic amines is 1. The summed E-state index contributed by atoms with van der Waals surface area (Å²) in [7, 11) is 4.45. The number of anilines is 1. The fraction of sp³-hybridized carbons (Fsp3) is 0.185. The first-order chi connectivity index (χ1) is 17.5. The molecule has 3 N–H and O–H groups in total. The van der Waals surface area contributed by atoms with Gasteiger partial charge in [-0.1, -0.05) is 18.2 Å². The highest BCUT2D eigenvalue weighted by Gasteiger charge is 2.18. The lowest BCUT2D eigenvalue weighted by Gasteiger charge is -2.15. The van der Waals surface area contributed by atoms with E-state index in [2.05, 4.69) is 26.7 Å². The molecule has 0 spiro atoms. The highest BCUT2D eigenvalue weighted by molar-refractivity contribution is 6.10. The number of rotatable bonds is 8. The van der Waals surface area contributed by atoms with Crippen LogP contribution in [0.3, 0.4) is 0 Å². The summed E-state index contributed by atoms with van der Waals surface area (Å²) in [6, 6.07) is 16.9. The third kappa shape index (κ3) is 5.57. The lowest BCUT2D eigenvalue weighted by atomic mass is 10.1. The van der Waals surface area contributed by atoms with Crippen LogP contribution in [0.25, 0.3) is 10.9 Å². The zero-order valence-corrected chi connectivity index (χ0v) is 20.2. The standard InChI is InChI=1S/C27H27FN4O4/c1-34-23-14-18(15-24(35-2)25(23)36-3)26(33)32-27(31-20-10-8-19(28)9-11-20)29-13-12-17-16-30-22-7-5-4-6-21(17)22/h4-11,14-16,30H,12-13H2,1-3H3,(H2,29,31,32,33). The van der Waals surface area contributed by atoms with E-state index in [0.29, 0.717) is 35.9 Å². The van der Waals surface area contributed by atoms with Crippen LogP contribution < -0.4 is 24.8 Å². The van der Waals surface area contributed by atoms with Crippen LogP contribution >= 0.6 is 0 Å². The van der Waals surface area contributed by atoms with E-state index in [0.717, 1.165) is 16.5 Å². The Hall–Kier alpha value is -4.53. The van der Waals surface area contributed by atoms with Gasteiger partial charge in [0.15, 0.2) is 11.5 Å². The molecule has 4 aromatic rings. The van der Waals surface area contributed by atoms with E-state index in [1.54, 1.807) is 24.3 Å². The van der Waals surface area contributed by atoms with Crippen molar-refractivity contribution >= 4 is 28.5 Å². The summed E-state index contributed by atoms with van der Waals surface area (Å²) in [6.07, 6.45) is 2.61. The highest BCUT2D eigenvalue weighted by atomic mass is 19.1. The second kappa shape index (κ2) is 11.3. The summed E-state index contributed by atoms with van der Waals surface area (Å²) in [5.74, 6) is 0.515. The number of hydrogen-bond donors (Lipinski definition) is 3. The summed E-state index contributed by atoms with van der Waals surface area (Å²) in [6.45, 7) is 0.404. The number of ether oxygens (including phenoxy) is 3. The van der Waals surface area contributed by atoms with Crippen molar-refractivity contribution in [3.8, 4) is 17.2 Å². The minimum atomic E-state index is -0.435. The summed E-state index contributed by atoms with van der Waals surface area (Å²) in [5.41, 5.74) is 3.03. The molecule has 0 fully saturated rings. The van der Waals surface area contributed by atoms with Gasteiger partial charge in [0.05, 0.1) is 21.3 Å². The smallest absolute Gasteiger partial charge is 0.258 e. The molecule has 4 rings (SSSR count). The molecule has 0 radical (unpaired) electrons. The van der Waals surface area contributed by atoms with Crippen molar-refractivity contribution in [1.82, 2.24) is 10.3 Å². The molecule has 0 aliphatic heterocycles. The largest absolute Gasteiger partial charge is 0.493 e. The number of carbonyl (C=O) groups excluding carboxylic acids is 1. The Bertz CT molecular complexity index is 1360. The summed E-state index contributed by atoms with van der Waals surface area (Å²) in [4.78, 5) is 21.0. The van der Waals surface area contributed by atoms with E-state index in [1.807, 2.05) is 24.4 Å². The average molecular weight is 491 g/mol. The zero-order chi connectivity index (χ0) is 25.5. The molecule has 0 aliphatic rings. The number of nitrogens with one attached hydrogen (secondary N) is 3. The SMILES string of the molecule is COc1cc(C(=O)NC(=NCCc2c[nH]c3ccccc23)Nc2ccc(F)cc2)cc(OC)c1OC. The van der Waals surface area contributed by atoms with Crippen LogP contribution in [-0.4, -0.2) is 44.7 Å². The number of amides is 1. The number of methoxy groups -OCH3 is 3. The van der Waals surface area contributed by atoms with E-state index in [9.17, 15) is 9.18 Å². The maximum atomic E-state index is 13.4. The lowest BCUT2D eigenvalue weighted by Crippen LogP contribution is -2.36. The van der Waals surface area contributed by atoms with Crippen molar-refractivity contribution in [2.24, 2.45) is 4.99 Å². The summed E-state index contributed by atoms with van der Waals surface area (Å²) < 4.78 is 29.4. The Labute approximate surface area is 208 Å². The molecule has 0 saturated carbocycles. The number of halogens is 1. The molecule has 0 bridgehead atoms. The number of fused-ring (bicyclic) bond motifs is 1. The molecule has 186 valence electrons. The fourth-order valence-electron chi connectivity index (χ4n) is 3.80. The van der Waals surface area contributed by atoms with Gasteiger partial charge in [0.2, 0.25) is 11.7 Å². The monoisotopic (exact) mass is 490 g/mol. The maximum Gasteiger partial charge on any atom is 0.258 e. The third-order valence-corrected chi connectivity index (χ3v) is 5.59. The molecule has 0 atom stereocenters. The van der Waals surface area contributed by atoms with Gasteiger partial charge in [-0.05, 0) is 54.4 Å². The summed E-state index contributed by atoms with van der Waals surface area (Å²) in [5, 5.41) is 6.99. The van der Waals surface area contributed by atoms with Gasteiger partial charge in [-0.15, -0.1) is 0 Å². The molecule has 0 aliphatic carbocycles. The number of para-hydroxylation sites is 1. The minimum Gasteiger partial charge on any atom is -0.493 e. The predicted molar refractivity (Wildman–Crippen MR) is 138 cm³/mol. The Morgan fingerprint density at radius 1 is 0.972 bits per heavy atom. The van der Waals surface area contributed by atoms with E-state index in [4.69, 9.17) is 14.2 Å². The maximum absolute atomic E-state index is 13.4. The van der Waals surface area contributed by atoms with E-state index in [1.165, 1.54) is 33.5 Å². The predicted octanol–water partition coefficient (Wildman–Crippen LogP) is 4.77. The molecule has 8 nitrogen and oxygen atoms in total. The van der Waals surface area contributed by atoms with Gasteiger partial charge in [-0.25, -0.2) is 4.39 Å². The van der Waals surface area contributed by atoms with Crippen LogP contribution in [0.4, 0.5) is 10.1 Å². The first-order valence-electron chi connectivity index (χ1n) is 11.3. The normalized spacial score (nSPS) is 11.3. The number of carbonyl (C=O) groups is 1. The van der Waals surface area contributed by atoms with Crippen LogP contribution in [0, 0.1) is 5.82 Å². The van der Waals surface area contributed by atoms with Crippen molar-refractivity contribution in [1.29, 1.82) is 0 Å². The Balaban J connectivity index is 1.57. The lowest BCUT2D eigenvalue weighted by molar-refractivity contribution is 0.0976.